The average molecular weight is 181 g/mol. The lowest BCUT2D eigenvalue weighted by molar-refractivity contribution is -0.614. The summed E-state index contributed by atoms with van der Waals surface area (Å²) in [6.45, 7) is 1.87. The maximum Gasteiger partial charge on any atom is 0.303 e. The van der Waals surface area contributed by atoms with Gasteiger partial charge in [-0.1, -0.05) is 0 Å². The highest BCUT2D eigenvalue weighted by atomic mass is 16.5. The molecule has 0 fully saturated rings. The van der Waals surface area contributed by atoms with Crippen LogP contribution in [0.3, 0.4) is 0 Å². The second-order valence-corrected chi connectivity index (χ2v) is 2.91. The van der Waals surface area contributed by atoms with Gasteiger partial charge in [0.05, 0.1) is 6.42 Å². The SMILES string of the molecule is Cc1cc[n+]([O-])c(CCC(=O)O)c1. The van der Waals surface area contributed by atoms with E-state index in [0.29, 0.717) is 10.4 Å². The monoisotopic (exact) mass is 181 g/mol. The summed E-state index contributed by atoms with van der Waals surface area (Å²) in [5.41, 5.74) is 1.47. The van der Waals surface area contributed by atoms with Crippen molar-refractivity contribution in [2.45, 2.75) is 19.8 Å². The van der Waals surface area contributed by atoms with Crippen molar-refractivity contribution in [1.29, 1.82) is 0 Å². The van der Waals surface area contributed by atoms with Gasteiger partial charge in [-0.05, 0) is 12.5 Å². The van der Waals surface area contributed by atoms with E-state index in [-0.39, 0.29) is 12.8 Å². The Hall–Kier alpha value is -1.58. The molecule has 1 aromatic rings. The topological polar surface area (TPSA) is 64.2 Å². The van der Waals surface area contributed by atoms with Crippen molar-refractivity contribution in [3.05, 3.63) is 34.8 Å². The molecule has 1 N–H and O–H groups in total. The van der Waals surface area contributed by atoms with Gasteiger partial charge < -0.3 is 10.3 Å². The van der Waals surface area contributed by atoms with E-state index in [1.165, 1.54) is 6.20 Å². The minimum Gasteiger partial charge on any atom is -0.619 e. The number of aromatic nitrogens is 1. The standard InChI is InChI=1S/C9H11NO3/c1-7-4-5-10(13)8(6-7)2-3-9(11)12/h4-6H,2-3H2,1H3,(H,11,12). The van der Waals surface area contributed by atoms with Gasteiger partial charge >= 0.3 is 5.97 Å². The molecule has 0 aliphatic carbocycles. The van der Waals surface area contributed by atoms with Gasteiger partial charge in [-0.25, -0.2) is 0 Å². The number of hydrogen-bond donors (Lipinski definition) is 1. The molecule has 0 spiro atoms. The van der Waals surface area contributed by atoms with Crippen molar-refractivity contribution < 1.29 is 14.6 Å². The number of nitrogens with zero attached hydrogens (tertiary/aromatic N) is 1. The third kappa shape index (κ3) is 2.74. The first kappa shape index (κ1) is 9.51. The Morgan fingerprint density at radius 1 is 1.69 bits per heavy atom. The fraction of sp³-hybridized carbons (Fsp3) is 0.333. The molecule has 70 valence electrons. The zero-order chi connectivity index (χ0) is 9.84. The van der Waals surface area contributed by atoms with Crippen LogP contribution >= 0.6 is 0 Å². The molecule has 4 nitrogen and oxygen atoms in total. The van der Waals surface area contributed by atoms with E-state index in [0.717, 1.165) is 5.56 Å². The second kappa shape index (κ2) is 3.89. The lowest BCUT2D eigenvalue weighted by Gasteiger charge is -2.03. The Morgan fingerprint density at radius 2 is 2.38 bits per heavy atom. The van der Waals surface area contributed by atoms with Gasteiger partial charge in [0, 0.05) is 18.6 Å². The molecular formula is C9H11NO3. The van der Waals surface area contributed by atoms with Crippen LogP contribution in [-0.4, -0.2) is 11.1 Å². The van der Waals surface area contributed by atoms with Gasteiger partial charge in [0.15, 0.2) is 11.9 Å². The van der Waals surface area contributed by atoms with Gasteiger partial charge in [-0.2, -0.15) is 4.73 Å². The Bertz CT molecular complexity index is 323. The van der Waals surface area contributed by atoms with E-state index in [1.54, 1.807) is 12.1 Å². The third-order valence-electron chi connectivity index (χ3n) is 1.75. The van der Waals surface area contributed by atoms with Gasteiger partial charge in [0.2, 0.25) is 0 Å². The van der Waals surface area contributed by atoms with Crippen LogP contribution in [-0.2, 0) is 11.2 Å². The lowest BCUT2D eigenvalue weighted by Crippen LogP contribution is -2.31. The largest absolute Gasteiger partial charge is 0.619 e. The molecule has 0 atom stereocenters. The molecule has 0 unspecified atom stereocenters. The summed E-state index contributed by atoms with van der Waals surface area (Å²) >= 11 is 0. The molecule has 0 amide bonds. The molecule has 0 saturated carbocycles. The van der Waals surface area contributed by atoms with Crippen molar-refractivity contribution in [3.8, 4) is 0 Å². The van der Waals surface area contributed by atoms with E-state index in [9.17, 15) is 10.0 Å². The van der Waals surface area contributed by atoms with Crippen LogP contribution in [0.2, 0.25) is 0 Å². The second-order valence-electron chi connectivity index (χ2n) is 2.91. The minimum atomic E-state index is -0.887. The molecule has 1 aromatic heterocycles. The maximum atomic E-state index is 11.1. The van der Waals surface area contributed by atoms with E-state index in [1.807, 2.05) is 6.92 Å². The summed E-state index contributed by atoms with van der Waals surface area (Å²) < 4.78 is 0.704. The van der Waals surface area contributed by atoms with Crippen molar-refractivity contribution in [1.82, 2.24) is 0 Å². The first-order chi connectivity index (χ1) is 6.09. The first-order valence-corrected chi connectivity index (χ1v) is 4.00. The molecule has 1 heterocycles. The van der Waals surface area contributed by atoms with Crippen LogP contribution in [0.1, 0.15) is 17.7 Å². The summed E-state index contributed by atoms with van der Waals surface area (Å²) in [6, 6.07) is 3.40. The van der Waals surface area contributed by atoms with Crippen LogP contribution in [0.25, 0.3) is 0 Å². The molecular weight excluding hydrogens is 170 g/mol. The Kier molecular flexibility index (Phi) is 2.84. The number of aryl methyl sites for hydroxylation is 2. The highest BCUT2D eigenvalue weighted by Gasteiger charge is 2.07. The Morgan fingerprint density at radius 3 is 3.00 bits per heavy atom. The van der Waals surface area contributed by atoms with E-state index >= 15 is 0 Å². The molecule has 0 saturated heterocycles. The highest BCUT2D eigenvalue weighted by Crippen LogP contribution is 2.00. The Balaban J connectivity index is 2.75. The predicted molar refractivity (Wildman–Crippen MR) is 46.1 cm³/mol. The predicted octanol–water partition coefficient (Wildman–Crippen LogP) is 0.646. The van der Waals surface area contributed by atoms with Crippen LogP contribution in [0.5, 0.6) is 0 Å². The summed E-state index contributed by atoms with van der Waals surface area (Å²) in [4.78, 5) is 10.3. The van der Waals surface area contributed by atoms with Crippen LogP contribution < -0.4 is 4.73 Å². The van der Waals surface area contributed by atoms with Crippen LogP contribution in [0.4, 0.5) is 0 Å². The van der Waals surface area contributed by atoms with Gasteiger partial charge in [-0.15, -0.1) is 0 Å². The molecule has 4 heteroatoms. The third-order valence-corrected chi connectivity index (χ3v) is 1.75. The summed E-state index contributed by atoms with van der Waals surface area (Å²) in [5, 5.41) is 19.5. The highest BCUT2D eigenvalue weighted by molar-refractivity contribution is 5.66. The number of aliphatic carboxylic acids is 1. The molecule has 13 heavy (non-hydrogen) atoms. The zero-order valence-corrected chi connectivity index (χ0v) is 7.36. The van der Waals surface area contributed by atoms with Gasteiger partial charge in [-0.3, -0.25) is 4.79 Å². The lowest BCUT2D eigenvalue weighted by atomic mass is 10.2. The molecule has 1 rings (SSSR count). The normalized spacial score (nSPS) is 9.92. The molecule has 0 aliphatic heterocycles. The number of carboxylic acids is 1. The van der Waals surface area contributed by atoms with Gasteiger partial charge in [0.25, 0.3) is 0 Å². The number of carbonyl (C=O) groups is 1. The van der Waals surface area contributed by atoms with E-state index in [4.69, 9.17) is 5.11 Å². The summed E-state index contributed by atoms with van der Waals surface area (Å²) in [6.07, 6.45) is 1.67. The number of rotatable bonds is 3. The minimum absolute atomic E-state index is 0.00824. The fourth-order valence-corrected chi connectivity index (χ4v) is 1.07. The zero-order valence-electron chi connectivity index (χ0n) is 7.36. The molecule has 0 aliphatic rings. The smallest absolute Gasteiger partial charge is 0.303 e. The molecule has 0 bridgehead atoms. The summed E-state index contributed by atoms with van der Waals surface area (Å²) in [7, 11) is 0. The van der Waals surface area contributed by atoms with Crippen molar-refractivity contribution in [3.63, 3.8) is 0 Å². The molecule has 0 aromatic carbocycles. The van der Waals surface area contributed by atoms with Crippen molar-refractivity contribution in [2.24, 2.45) is 0 Å². The number of pyridine rings is 1. The fourth-order valence-electron chi connectivity index (χ4n) is 1.07. The van der Waals surface area contributed by atoms with Crippen molar-refractivity contribution >= 4 is 5.97 Å². The summed E-state index contributed by atoms with van der Waals surface area (Å²) in [5.74, 6) is -0.887. The average Bonchev–Trinajstić information content (AvgIpc) is 2.06. The van der Waals surface area contributed by atoms with Crippen molar-refractivity contribution in [2.75, 3.05) is 0 Å². The molecule has 0 radical (unpaired) electrons. The number of carboxylic acid groups (broad SMARTS) is 1. The van der Waals surface area contributed by atoms with E-state index in [2.05, 4.69) is 0 Å². The van der Waals surface area contributed by atoms with Crippen LogP contribution in [0.15, 0.2) is 18.3 Å². The quantitative estimate of drug-likeness (QED) is 0.550. The first-order valence-electron chi connectivity index (χ1n) is 4.00. The van der Waals surface area contributed by atoms with Crippen LogP contribution in [0, 0.1) is 12.1 Å². The van der Waals surface area contributed by atoms with Gasteiger partial charge in [0.1, 0.15) is 0 Å². The van der Waals surface area contributed by atoms with E-state index < -0.39 is 5.97 Å². The Labute approximate surface area is 76.0 Å². The maximum absolute atomic E-state index is 11.1. The number of hydrogen-bond acceptors (Lipinski definition) is 2.